The van der Waals surface area contributed by atoms with Crippen LogP contribution < -0.4 is 0 Å². The molecule has 0 unspecified atom stereocenters. The molecule has 3 heteroatoms. The van der Waals surface area contributed by atoms with Crippen LogP contribution in [0.25, 0.3) is 0 Å². The summed E-state index contributed by atoms with van der Waals surface area (Å²) in [5, 5.41) is 9.09. The van der Waals surface area contributed by atoms with E-state index in [2.05, 4.69) is 22.6 Å². The fourth-order valence-corrected chi connectivity index (χ4v) is 1.57. The molecule has 0 aliphatic carbocycles. The maximum Gasteiger partial charge on any atom is 0.135 e. The number of Topliss-reactive ketones (excluding diaryl/α,β-unsaturated/α-hetero) is 1. The van der Waals surface area contributed by atoms with E-state index in [9.17, 15) is 4.79 Å². The SMILES string of the molecule is CC(=O)[C@H](CCI)[C@@H](C)O. The van der Waals surface area contributed by atoms with Crippen molar-refractivity contribution in [3.05, 3.63) is 0 Å². The van der Waals surface area contributed by atoms with Crippen LogP contribution >= 0.6 is 22.6 Å². The van der Waals surface area contributed by atoms with Crippen LogP contribution in [0.4, 0.5) is 0 Å². The van der Waals surface area contributed by atoms with E-state index in [-0.39, 0.29) is 11.7 Å². The molecule has 0 spiro atoms. The first-order chi connectivity index (χ1) is 4.59. The molecule has 0 saturated carbocycles. The zero-order valence-corrected chi connectivity index (χ0v) is 8.46. The third kappa shape index (κ3) is 3.51. The Morgan fingerprint density at radius 3 is 2.30 bits per heavy atom. The third-order valence-electron chi connectivity index (χ3n) is 1.52. The van der Waals surface area contributed by atoms with Crippen LogP contribution in [0.5, 0.6) is 0 Å². The standard InChI is InChI=1S/C7H13IO2/c1-5(9)7(3-4-8)6(2)10/h5,7,9H,3-4H2,1-2H3/t5-,7-/m1/s1. The smallest absolute Gasteiger partial charge is 0.135 e. The van der Waals surface area contributed by atoms with E-state index in [1.54, 1.807) is 6.92 Å². The summed E-state index contributed by atoms with van der Waals surface area (Å²) in [6.07, 6.45) is 0.292. The van der Waals surface area contributed by atoms with Gasteiger partial charge in [-0.25, -0.2) is 0 Å². The molecule has 0 fully saturated rings. The number of hydrogen-bond donors (Lipinski definition) is 1. The Hall–Kier alpha value is 0.360. The van der Waals surface area contributed by atoms with Crippen LogP contribution in [0.3, 0.4) is 0 Å². The zero-order chi connectivity index (χ0) is 8.15. The lowest BCUT2D eigenvalue weighted by atomic mass is 9.97. The third-order valence-corrected chi connectivity index (χ3v) is 2.15. The lowest BCUT2D eigenvalue weighted by Crippen LogP contribution is -2.24. The van der Waals surface area contributed by atoms with Gasteiger partial charge in [0.2, 0.25) is 0 Å². The Kier molecular flexibility index (Phi) is 5.25. The Bertz CT molecular complexity index is 112. The van der Waals surface area contributed by atoms with Crippen LogP contribution in [0.1, 0.15) is 20.3 Å². The summed E-state index contributed by atoms with van der Waals surface area (Å²) in [7, 11) is 0. The van der Waals surface area contributed by atoms with Crippen LogP contribution in [0, 0.1) is 5.92 Å². The normalized spacial score (nSPS) is 16.4. The quantitative estimate of drug-likeness (QED) is 0.609. The summed E-state index contributed by atoms with van der Waals surface area (Å²) in [5.74, 6) is -0.0661. The summed E-state index contributed by atoms with van der Waals surface area (Å²) in [6, 6.07) is 0. The number of ketones is 1. The van der Waals surface area contributed by atoms with Gasteiger partial charge in [0.25, 0.3) is 0 Å². The van der Waals surface area contributed by atoms with Crippen molar-refractivity contribution < 1.29 is 9.90 Å². The van der Waals surface area contributed by atoms with Crippen LogP contribution in [-0.4, -0.2) is 21.4 Å². The molecule has 1 N–H and O–H groups in total. The van der Waals surface area contributed by atoms with E-state index >= 15 is 0 Å². The van der Waals surface area contributed by atoms with Crippen LogP contribution in [-0.2, 0) is 4.79 Å². The van der Waals surface area contributed by atoms with Gasteiger partial charge in [-0.3, -0.25) is 4.79 Å². The molecule has 0 aromatic rings. The number of halogens is 1. The lowest BCUT2D eigenvalue weighted by molar-refractivity contribution is -0.123. The average Bonchev–Trinajstić information content (AvgIpc) is 1.81. The molecule has 0 aliphatic heterocycles. The van der Waals surface area contributed by atoms with Crippen molar-refractivity contribution in [1.82, 2.24) is 0 Å². The van der Waals surface area contributed by atoms with Gasteiger partial charge in [-0.15, -0.1) is 0 Å². The Balaban J connectivity index is 3.85. The van der Waals surface area contributed by atoms with Crippen molar-refractivity contribution in [2.24, 2.45) is 5.92 Å². The van der Waals surface area contributed by atoms with Gasteiger partial charge in [0, 0.05) is 10.3 Å². The Morgan fingerprint density at radius 2 is 2.20 bits per heavy atom. The fourth-order valence-electron chi connectivity index (χ4n) is 0.902. The summed E-state index contributed by atoms with van der Waals surface area (Å²) in [6.45, 7) is 3.20. The monoisotopic (exact) mass is 256 g/mol. The highest BCUT2D eigenvalue weighted by Crippen LogP contribution is 2.11. The molecule has 0 bridgehead atoms. The number of carbonyl (C=O) groups is 1. The molecule has 2 nitrogen and oxygen atoms in total. The number of alkyl halides is 1. The maximum atomic E-state index is 10.8. The van der Waals surface area contributed by atoms with E-state index in [1.807, 2.05) is 0 Å². The van der Waals surface area contributed by atoms with Gasteiger partial charge in [-0.05, 0) is 20.3 Å². The second-order valence-corrected chi connectivity index (χ2v) is 3.51. The molecule has 0 rings (SSSR count). The molecule has 0 heterocycles. The molecule has 0 aromatic heterocycles. The van der Waals surface area contributed by atoms with Crippen molar-refractivity contribution in [2.45, 2.75) is 26.4 Å². The minimum atomic E-state index is -0.493. The van der Waals surface area contributed by atoms with Crippen LogP contribution in [0.15, 0.2) is 0 Å². The molecule has 2 atom stereocenters. The van der Waals surface area contributed by atoms with Crippen molar-refractivity contribution in [1.29, 1.82) is 0 Å². The first kappa shape index (κ1) is 10.4. The summed E-state index contributed by atoms with van der Waals surface area (Å²) < 4.78 is 0.924. The second-order valence-electron chi connectivity index (χ2n) is 2.44. The number of hydrogen-bond acceptors (Lipinski definition) is 2. The maximum absolute atomic E-state index is 10.8. The van der Waals surface area contributed by atoms with E-state index in [0.717, 1.165) is 10.8 Å². The largest absolute Gasteiger partial charge is 0.393 e. The molecule has 0 aromatic carbocycles. The van der Waals surface area contributed by atoms with Crippen molar-refractivity contribution >= 4 is 28.4 Å². The first-order valence-corrected chi connectivity index (χ1v) is 4.86. The fraction of sp³-hybridized carbons (Fsp3) is 0.857. The number of rotatable bonds is 4. The van der Waals surface area contributed by atoms with Crippen molar-refractivity contribution in [2.75, 3.05) is 4.43 Å². The first-order valence-electron chi connectivity index (χ1n) is 3.34. The van der Waals surface area contributed by atoms with Crippen molar-refractivity contribution in [3.63, 3.8) is 0 Å². The minimum absolute atomic E-state index is 0.0895. The number of aliphatic hydroxyl groups excluding tert-OH is 1. The Labute approximate surface area is 75.1 Å². The highest BCUT2D eigenvalue weighted by atomic mass is 127. The molecule has 0 radical (unpaired) electrons. The van der Waals surface area contributed by atoms with Crippen molar-refractivity contribution in [3.8, 4) is 0 Å². The molecular formula is C7H13IO2. The second kappa shape index (κ2) is 5.07. The molecule has 10 heavy (non-hydrogen) atoms. The summed E-state index contributed by atoms with van der Waals surface area (Å²) in [5.41, 5.74) is 0. The molecule has 0 saturated heterocycles. The van der Waals surface area contributed by atoms with Crippen LogP contribution in [0.2, 0.25) is 0 Å². The topological polar surface area (TPSA) is 37.3 Å². The van der Waals surface area contributed by atoms with Gasteiger partial charge in [0.05, 0.1) is 6.10 Å². The molecule has 0 amide bonds. The summed E-state index contributed by atoms with van der Waals surface area (Å²) in [4.78, 5) is 10.8. The average molecular weight is 256 g/mol. The van der Waals surface area contributed by atoms with Gasteiger partial charge in [-0.1, -0.05) is 22.6 Å². The van der Waals surface area contributed by atoms with Gasteiger partial charge in [0.15, 0.2) is 0 Å². The molecule has 60 valence electrons. The molecular weight excluding hydrogens is 243 g/mol. The highest BCUT2D eigenvalue weighted by molar-refractivity contribution is 14.1. The predicted molar refractivity (Wildman–Crippen MR) is 49.4 cm³/mol. The Morgan fingerprint density at radius 1 is 1.70 bits per heavy atom. The van der Waals surface area contributed by atoms with Gasteiger partial charge < -0.3 is 5.11 Å². The highest BCUT2D eigenvalue weighted by Gasteiger charge is 2.18. The van der Waals surface area contributed by atoms with E-state index < -0.39 is 6.10 Å². The zero-order valence-electron chi connectivity index (χ0n) is 6.30. The lowest BCUT2D eigenvalue weighted by Gasteiger charge is -2.14. The van der Waals surface area contributed by atoms with E-state index in [4.69, 9.17) is 5.11 Å². The van der Waals surface area contributed by atoms with E-state index in [0.29, 0.717) is 0 Å². The number of carbonyl (C=O) groups excluding carboxylic acids is 1. The molecule has 0 aliphatic rings. The summed E-state index contributed by atoms with van der Waals surface area (Å²) >= 11 is 2.21. The van der Waals surface area contributed by atoms with Gasteiger partial charge >= 0.3 is 0 Å². The van der Waals surface area contributed by atoms with E-state index in [1.165, 1.54) is 6.92 Å². The predicted octanol–water partition coefficient (Wildman–Crippen LogP) is 1.40. The van der Waals surface area contributed by atoms with Gasteiger partial charge in [-0.2, -0.15) is 0 Å². The number of aliphatic hydroxyl groups is 1. The minimum Gasteiger partial charge on any atom is -0.393 e. The van der Waals surface area contributed by atoms with Gasteiger partial charge in [0.1, 0.15) is 5.78 Å².